The quantitative estimate of drug-likeness (QED) is 0.739. The maximum absolute atomic E-state index is 12.2. The van der Waals surface area contributed by atoms with Gasteiger partial charge in [0.15, 0.2) is 0 Å². The number of amides is 1. The molecule has 0 atom stereocenters. The number of aromatic nitrogens is 1. The number of hydrogen-bond acceptors (Lipinski definition) is 3. The highest BCUT2D eigenvalue weighted by Gasteiger charge is 2.08. The molecule has 0 aliphatic heterocycles. The maximum Gasteiger partial charge on any atom is 0.307 e. The van der Waals surface area contributed by atoms with Gasteiger partial charge in [-0.05, 0) is 37.3 Å². The summed E-state index contributed by atoms with van der Waals surface area (Å²) in [4.78, 5) is 23.7. The molecule has 1 heterocycles. The number of aryl methyl sites for hydroxylation is 1. The van der Waals surface area contributed by atoms with Gasteiger partial charge in [-0.3, -0.25) is 14.2 Å². The first-order chi connectivity index (χ1) is 12.1. The van der Waals surface area contributed by atoms with Crippen molar-refractivity contribution in [3.8, 4) is 11.8 Å². The van der Waals surface area contributed by atoms with Gasteiger partial charge in [-0.2, -0.15) is 0 Å². The molecule has 5 heteroatoms. The Labute approximate surface area is 149 Å². The Balaban J connectivity index is 1.71. The molecule has 0 saturated heterocycles. The lowest BCUT2D eigenvalue weighted by Crippen LogP contribution is -2.25. The molecule has 124 valence electrons. The second-order valence-corrected chi connectivity index (χ2v) is 6.29. The molecule has 0 unspecified atom stereocenters. The molecule has 0 saturated carbocycles. The molecule has 0 aliphatic carbocycles. The van der Waals surface area contributed by atoms with Crippen LogP contribution in [0.25, 0.3) is 0 Å². The van der Waals surface area contributed by atoms with Crippen LogP contribution in [0.5, 0.6) is 0 Å². The highest BCUT2D eigenvalue weighted by Crippen LogP contribution is 2.10. The van der Waals surface area contributed by atoms with Gasteiger partial charge >= 0.3 is 4.87 Å². The molecular weight excluding hydrogens is 332 g/mol. The number of benzene rings is 2. The van der Waals surface area contributed by atoms with Gasteiger partial charge in [0.2, 0.25) is 5.91 Å². The Kier molecular flexibility index (Phi) is 5.12. The van der Waals surface area contributed by atoms with Crippen molar-refractivity contribution in [3.05, 3.63) is 86.5 Å². The summed E-state index contributed by atoms with van der Waals surface area (Å²) >= 11 is 1.10. The third-order valence-electron chi connectivity index (χ3n) is 3.55. The summed E-state index contributed by atoms with van der Waals surface area (Å²) in [5, 5.41) is 4.56. The summed E-state index contributed by atoms with van der Waals surface area (Å²) in [6, 6.07) is 17.1. The van der Waals surface area contributed by atoms with E-state index in [9.17, 15) is 9.59 Å². The third kappa shape index (κ3) is 4.46. The number of hydrogen-bond donors (Lipinski definition) is 1. The molecule has 0 fully saturated rings. The van der Waals surface area contributed by atoms with Gasteiger partial charge in [0.1, 0.15) is 6.54 Å². The zero-order valence-electron chi connectivity index (χ0n) is 13.7. The highest BCUT2D eigenvalue weighted by atomic mass is 32.1. The van der Waals surface area contributed by atoms with Gasteiger partial charge in [-0.25, -0.2) is 0 Å². The smallest absolute Gasteiger partial charge is 0.307 e. The number of nitrogens with zero attached hydrogens (tertiary/aromatic N) is 1. The lowest BCUT2D eigenvalue weighted by atomic mass is 10.1. The molecule has 1 aromatic heterocycles. The summed E-state index contributed by atoms with van der Waals surface area (Å²) in [7, 11) is 0. The predicted molar refractivity (Wildman–Crippen MR) is 101 cm³/mol. The number of carbonyl (C=O) groups is 1. The lowest BCUT2D eigenvalue weighted by Gasteiger charge is -2.07. The summed E-state index contributed by atoms with van der Waals surface area (Å²) in [6.45, 7) is 1.82. The van der Waals surface area contributed by atoms with E-state index in [1.54, 1.807) is 11.4 Å². The van der Waals surface area contributed by atoms with Crippen LogP contribution in [-0.2, 0) is 11.3 Å². The van der Waals surface area contributed by atoms with E-state index in [0.717, 1.165) is 28.2 Å². The van der Waals surface area contributed by atoms with Crippen molar-refractivity contribution in [2.24, 2.45) is 0 Å². The third-order valence-corrected chi connectivity index (χ3v) is 4.43. The maximum atomic E-state index is 12.2. The molecule has 0 spiro atoms. The van der Waals surface area contributed by atoms with E-state index in [2.05, 4.69) is 17.2 Å². The van der Waals surface area contributed by atoms with Crippen molar-refractivity contribution in [1.29, 1.82) is 0 Å². The van der Waals surface area contributed by atoms with Crippen molar-refractivity contribution in [1.82, 2.24) is 4.57 Å². The highest BCUT2D eigenvalue weighted by molar-refractivity contribution is 7.07. The van der Waals surface area contributed by atoms with Gasteiger partial charge in [-0.15, -0.1) is 0 Å². The van der Waals surface area contributed by atoms with Gasteiger partial charge in [-0.1, -0.05) is 47.4 Å². The summed E-state index contributed by atoms with van der Waals surface area (Å²) in [5.41, 5.74) is 3.19. The lowest BCUT2D eigenvalue weighted by molar-refractivity contribution is -0.116. The van der Waals surface area contributed by atoms with Crippen LogP contribution in [0.15, 0.2) is 64.8 Å². The largest absolute Gasteiger partial charge is 0.324 e. The van der Waals surface area contributed by atoms with E-state index in [1.165, 1.54) is 4.57 Å². The first-order valence-corrected chi connectivity index (χ1v) is 8.62. The fourth-order valence-corrected chi connectivity index (χ4v) is 3.02. The minimum Gasteiger partial charge on any atom is -0.324 e. The molecular formula is C20H16N2O2S. The SMILES string of the molecule is Cc1csc(=O)n1CC(=O)Nc1cccc(C#Cc2ccccc2)c1. The molecule has 25 heavy (non-hydrogen) atoms. The second kappa shape index (κ2) is 7.65. The Hall–Kier alpha value is -3.10. The molecule has 0 aliphatic rings. The summed E-state index contributed by atoms with van der Waals surface area (Å²) in [5.74, 6) is 5.93. The van der Waals surface area contributed by atoms with E-state index in [4.69, 9.17) is 0 Å². The molecule has 1 amide bonds. The zero-order valence-corrected chi connectivity index (χ0v) is 14.5. The van der Waals surface area contributed by atoms with E-state index in [0.29, 0.717) is 5.69 Å². The van der Waals surface area contributed by atoms with Gasteiger partial charge in [0.25, 0.3) is 0 Å². The average Bonchev–Trinajstić information content (AvgIpc) is 2.93. The number of rotatable bonds is 3. The second-order valence-electron chi connectivity index (χ2n) is 5.47. The van der Waals surface area contributed by atoms with Crippen LogP contribution >= 0.6 is 11.3 Å². The van der Waals surface area contributed by atoms with E-state index in [-0.39, 0.29) is 17.3 Å². The van der Waals surface area contributed by atoms with Crippen LogP contribution in [0.3, 0.4) is 0 Å². The molecule has 2 aromatic carbocycles. The van der Waals surface area contributed by atoms with E-state index < -0.39 is 0 Å². The van der Waals surface area contributed by atoms with Crippen molar-refractivity contribution >= 4 is 22.9 Å². The fourth-order valence-electron chi connectivity index (χ4n) is 2.28. The Bertz CT molecular complexity index is 1010. The van der Waals surface area contributed by atoms with Crippen LogP contribution in [-0.4, -0.2) is 10.5 Å². The first-order valence-electron chi connectivity index (χ1n) is 7.74. The number of carbonyl (C=O) groups excluding carboxylic acids is 1. The Morgan fingerprint density at radius 3 is 2.52 bits per heavy atom. The van der Waals surface area contributed by atoms with Gasteiger partial charge < -0.3 is 5.32 Å². The number of nitrogens with one attached hydrogen (secondary N) is 1. The summed E-state index contributed by atoms with van der Waals surface area (Å²) in [6.07, 6.45) is 0. The van der Waals surface area contributed by atoms with Crippen molar-refractivity contribution in [3.63, 3.8) is 0 Å². The number of anilines is 1. The van der Waals surface area contributed by atoms with Crippen LogP contribution in [0.1, 0.15) is 16.8 Å². The van der Waals surface area contributed by atoms with Gasteiger partial charge in [0.05, 0.1) is 0 Å². The molecule has 4 nitrogen and oxygen atoms in total. The monoisotopic (exact) mass is 348 g/mol. The standard InChI is InChI=1S/C20H16N2O2S/c1-15-14-25-20(24)22(15)13-19(23)21-18-9-5-8-17(12-18)11-10-16-6-3-2-4-7-16/h2-9,12,14H,13H2,1H3,(H,21,23). The Morgan fingerprint density at radius 2 is 1.80 bits per heavy atom. The molecule has 1 N–H and O–H groups in total. The minimum atomic E-state index is -0.239. The van der Waals surface area contributed by atoms with E-state index in [1.807, 2.05) is 55.5 Å². The van der Waals surface area contributed by atoms with Crippen molar-refractivity contribution in [2.75, 3.05) is 5.32 Å². The van der Waals surface area contributed by atoms with Crippen LogP contribution in [0.4, 0.5) is 5.69 Å². The molecule has 3 rings (SSSR count). The molecule has 0 radical (unpaired) electrons. The van der Waals surface area contributed by atoms with Gasteiger partial charge in [0, 0.05) is 27.9 Å². The zero-order chi connectivity index (χ0) is 17.6. The van der Waals surface area contributed by atoms with Crippen LogP contribution in [0, 0.1) is 18.8 Å². The van der Waals surface area contributed by atoms with Crippen molar-refractivity contribution in [2.45, 2.75) is 13.5 Å². The van der Waals surface area contributed by atoms with Crippen molar-refractivity contribution < 1.29 is 4.79 Å². The number of thiazole rings is 1. The Morgan fingerprint density at radius 1 is 1.08 bits per heavy atom. The van der Waals surface area contributed by atoms with E-state index >= 15 is 0 Å². The topological polar surface area (TPSA) is 51.1 Å². The summed E-state index contributed by atoms with van der Waals surface area (Å²) < 4.78 is 1.46. The predicted octanol–water partition coefficient (Wildman–Crippen LogP) is 3.26. The average molecular weight is 348 g/mol. The first kappa shape index (κ1) is 16.7. The normalized spacial score (nSPS) is 9.96. The minimum absolute atomic E-state index is 0.00802. The van der Waals surface area contributed by atoms with Crippen LogP contribution in [0.2, 0.25) is 0 Å². The molecule has 3 aromatic rings. The fraction of sp³-hybridized carbons (Fsp3) is 0.100. The molecule has 0 bridgehead atoms. The van der Waals surface area contributed by atoms with Crippen LogP contribution < -0.4 is 10.2 Å².